The van der Waals surface area contributed by atoms with Crippen LogP contribution >= 0.6 is 139 Å². The highest BCUT2D eigenvalue weighted by Gasteiger charge is 2.35. The van der Waals surface area contributed by atoms with E-state index in [4.69, 9.17) is 144 Å². The second-order valence-corrected chi connectivity index (χ2v) is 16.9. The molecule has 0 fully saturated rings. The van der Waals surface area contributed by atoms with Crippen LogP contribution in [-0.4, -0.2) is 29.9 Å². The van der Waals surface area contributed by atoms with Gasteiger partial charge in [-0.05, 0) is 36.4 Å². The van der Waals surface area contributed by atoms with Crippen molar-refractivity contribution in [3.8, 4) is 34.3 Å². The first kappa shape index (κ1) is 33.6. The van der Waals surface area contributed by atoms with Gasteiger partial charge in [-0.2, -0.15) is 0 Å². The summed E-state index contributed by atoms with van der Waals surface area (Å²) in [4.78, 5) is 24.7. The molecule has 0 aliphatic carbocycles. The molecule has 0 atom stereocenters. The average molecular weight is 798 g/mol. The third kappa shape index (κ3) is 8.90. The summed E-state index contributed by atoms with van der Waals surface area (Å²) in [5.74, 6) is 0.102. The van der Waals surface area contributed by atoms with Crippen molar-refractivity contribution < 1.29 is 4.74 Å². The highest BCUT2D eigenvalue weighted by Crippen LogP contribution is 2.42. The SMILES string of the molecule is ClC(Cl)(Cl)c1nc(-c2ccc(Oc3cccc(-c4nc(C(Cl)(Cl)Cl)nc(C(Cl)(Cl)Cl)n4)c3)cc2)nc(C(Cl)(Cl)Cl)n1. The number of halogens is 12. The Morgan fingerprint density at radius 3 is 1.20 bits per heavy atom. The molecule has 0 saturated carbocycles. The maximum Gasteiger partial charge on any atom is 0.250 e. The van der Waals surface area contributed by atoms with Crippen molar-refractivity contribution in [1.29, 1.82) is 0 Å². The Morgan fingerprint density at radius 2 is 0.805 bits per heavy atom. The van der Waals surface area contributed by atoms with Crippen molar-refractivity contribution >= 4 is 139 Å². The Balaban J connectivity index is 1.64. The Hall–Kier alpha value is -0.260. The summed E-state index contributed by atoms with van der Waals surface area (Å²) in [6.07, 6.45) is 0. The number of aromatic nitrogens is 6. The maximum atomic E-state index is 5.97. The molecule has 0 bridgehead atoms. The molecule has 41 heavy (non-hydrogen) atoms. The van der Waals surface area contributed by atoms with Crippen LogP contribution in [0.4, 0.5) is 0 Å². The zero-order valence-corrected chi connectivity index (χ0v) is 28.3. The maximum absolute atomic E-state index is 5.97. The van der Waals surface area contributed by atoms with E-state index in [0.717, 1.165) is 0 Å². The first-order valence-corrected chi connectivity index (χ1v) is 15.0. The van der Waals surface area contributed by atoms with Gasteiger partial charge in [0.05, 0.1) is 0 Å². The number of hydrogen-bond donors (Lipinski definition) is 0. The van der Waals surface area contributed by atoms with Crippen LogP contribution in [0.5, 0.6) is 11.5 Å². The summed E-state index contributed by atoms with van der Waals surface area (Å²) in [5, 5.41) is 0. The number of nitrogens with zero attached hydrogens (tertiary/aromatic N) is 6. The third-order valence-electron chi connectivity index (χ3n) is 4.73. The summed E-state index contributed by atoms with van der Waals surface area (Å²) >= 11 is 71.5. The first-order valence-electron chi connectivity index (χ1n) is 10.5. The molecule has 19 heteroatoms. The van der Waals surface area contributed by atoms with Crippen LogP contribution in [0.3, 0.4) is 0 Å². The third-order valence-corrected chi connectivity index (χ3v) is 6.75. The van der Waals surface area contributed by atoms with Crippen LogP contribution in [0.15, 0.2) is 48.5 Å². The zero-order valence-electron chi connectivity index (χ0n) is 19.2. The van der Waals surface area contributed by atoms with E-state index in [1.165, 1.54) is 0 Å². The van der Waals surface area contributed by atoms with Crippen molar-refractivity contribution in [3.05, 3.63) is 71.8 Å². The molecule has 2 heterocycles. The van der Waals surface area contributed by atoms with Gasteiger partial charge in [-0.3, -0.25) is 0 Å². The highest BCUT2D eigenvalue weighted by atomic mass is 35.6. The lowest BCUT2D eigenvalue weighted by molar-refractivity contribution is 0.483. The van der Waals surface area contributed by atoms with Gasteiger partial charge in [0.15, 0.2) is 34.9 Å². The average Bonchev–Trinajstić information content (AvgIpc) is 2.87. The van der Waals surface area contributed by atoms with Crippen LogP contribution in [0.2, 0.25) is 0 Å². The van der Waals surface area contributed by atoms with E-state index in [0.29, 0.717) is 22.6 Å². The van der Waals surface area contributed by atoms with Gasteiger partial charge in [0.1, 0.15) is 11.5 Å². The summed E-state index contributed by atoms with van der Waals surface area (Å²) < 4.78 is -2.02. The summed E-state index contributed by atoms with van der Waals surface area (Å²) in [6, 6.07) is 13.3. The highest BCUT2D eigenvalue weighted by molar-refractivity contribution is 6.68. The zero-order chi connectivity index (χ0) is 30.4. The van der Waals surface area contributed by atoms with Crippen LogP contribution in [0.1, 0.15) is 23.3 Å². The van der Waals surface area contributed by atoms with E-state index in [1.54, 1.807) is 48.5 Å². The van der Waals surface area contributed by atoms with E-state index in [2.05, 4.69) is 29.9 Å². The fourth-order valence-electron chi connectivity index (χ4n) is 3.02. The molecule has 2 aromatic carbocycles. The first-order chi connectivity index (χ1) is 18.8. The quantitative estimate of drug-likeness (QED) is 0.190. The minimum atomic E-state index is -2.00. The van der Waals surface area contributed by atoms with Crippen molar-refractivity contribution in [3.63, 3.8) is 0 Å². The topological polar surface area (TPSA) is 86.6 Å². The van der Waals surface area contributed by atoms with Gasteiger partial charge in [0.2, 0.25) is 15.2 Å². The molecule has 4 rings (SSSR count). The monoisotopic (exact) mass is 792 g/mol. The molecular formula is C22H8Cl12N6O. The molecule has 0 amide bonds. The van der Waals surface area contributed by atoms with Crippen LogP contribution in [-0.2, 0) is 15.2 Å². The molecule has 0 saturated heterocycles. The fraction of sp³-hybridized carbons (Fsp3) is 0.182. The molecule has 0 spiro atoms. The van der Waals surface area contributed by atoms with Gasteiger partial charge in [-0.15, -0.1) is 0 Å². The lowest BCUT2D eigenvalue weighted by Gasteiger charge is -2.16. The Kier molecular flexibility index (Phi) is 10.4. The van der Waals surface area contributed by atoms with Crippen LogP contribution in [0.25, 0.3) is 22.8 Å². The summed E-state index contributed by atoms with van der Waals surface area (Å²) in [6.45, 7) is 0. The van der Waals surface area contributed by atoms with E-state index < -0.39 is 15.2 Å². The number of benzene rings is 2. The molecule has 0 N–H and O–H groups in total. The summed E-state index contributed by atoms with van der Waals surface area (Å²) in [7, 11) is 0. The molecule has 216 valence electrons. The van der Waals surface area contributed by atoms with E-state index in [1.807, 2.05) is 0 Å². The second-order valence-electron chi connectivity index (χ2n) is 7.76. The molecule has 0 radical (unpaired) electrons. The van der Waals surface area contributed by atoms with Gasteiger partial charge in [-0.25, -0.2) is 29.9 Å². The van der Waals surface area contributed by atoms with Crippen LogP contribution in [0, 0.1) is 0 Å². The number of rotatable bonds is 4. The minimum absolute atomic E-state index is 0.0767. The van der Waals surface area contributed by atoms with Gasteiger partial charge >= 0.3 is 0 Å². The van der Waals surface area contributed by atoms with Crippen molar-refractivity contribution in [2.24, 2.45) is 0 Å². The molecule has 7 nitrogen and oxygen atoms in total. The van der Waals surface area contributed by atoms with Gasteiger partial charge in [0.25, 0.3) is 0 Å². The fourth-order valence-corrected chi connectivity index (χ4v) is 4.04. The Labute approximate surface area is 292 Å². The predicted molar refractivity (Wildman–Crippen MR) is 168 cm³/mol. The predicted octanol–water partition coefficient (Wildman–Crippen LogP) is 10.5. The molecule has 0 aliphatic heterocycles. The number of ether oxygens (including phenoxy) is 1. The molecule has 0 aliphatic rings. The molecule has 4 aromatic rings. The molecule has 2 aromatic heterocycles. The van der Waals surface area contributed by atoms with Crippen molar-refractivity contribution in [2.75, 3.05) is 0 Å². The smallest absolute Gasteiger partial charge is 0.250 e. The lowest BCUT2D eigenvalue weighted by Crippen LogP contribution is -2.16. The normalized spacial score (nSPS) is 12.9. The van der Waals surface area contributed by atoms with Crippen LogP contribution < -0.4 is 4.74 Å². The van der Waals surface area contributed by atoms with E-state index in [9.17, 15) is 0 Å². The number of alkyl halides is 12. The molecular weight excluding hydrogens is 790 g/mol. The Morgan fingerprint density at radius 1 is 0.415 bits per heavy atom. The second kappa shape index (κ2) is 12.6. The molecule has 0 unspecified atom stereocenters. The van der Waals surface area contributed by atoms with Gasteiger partial charge in [-0.1, -0.05) is 151 Å². The standard InChI is InChI=1S/C22H8Cl12N6O/c23-19(24,25)15-35-13(36-16(39-15)20(26,27)28)9-4-6-11(7-5-9)41-12-3-1-2-10(8-12)14-37-17(21(29,30)31)40-18(38-14)22(32,33)34/h1-8H. The Bertz CT molecular complexity index is 1500. The van der Waals surface area contributed by atoms with E-state index in [-0.39, 0.29) is 34.9 Å². The van der Waals surface area contributed by atoms with Crippen molar-refractivity contribution in [1.82, 2.24) is 29.9 Å². The largest absolute Gasteiger partial charge is 0.457 e. The summed E-state index contributed by atoms with van der Waals surface area (Å²) in [5.41, 5.74) is 0.944. The van der Waals surface area contributed by atoms with E-state index >= 15 is 0 Å². The van der Waals surface area contributed by atoms with Crippen molar-refractivity contribution in [2.45, 2.75) is 15.2 Å². The lowest BCUT2D eigenvalue weighted by atomic mass is 10.2. The van der Waals surface area contributed by atoms with Gasteiger partial charge < -0.3 is 4.74 Å². The number of hydrogen-bond acceptors (Lipinski definition) is 7. The minimum Gasteiger partial charge on any atom is -0.457 e. The van der Waals surface area contributed by atoms with Gasteiger partial charge in [0, 0.05) is 11.1 Å².